The molecule has 0 aromatic heterocycles. The maximum absolute atomic E-state index is 13.4. The number of aromatic hydroxyl groups is 2. The molecule has 0 radical (unpaired) electrons. The topological polar surface area (TPSA) is 150 Å². The number of benzene rings is 4. The van der Waals surface area contributed by atoms with Crippen LogP contribution in [0.4, 0.5) is 5.69 Å². The average molecular weight is 541 g/mol. The summed E-state index contributed by atoms with van der Waals surface area (Å²) in [5.74, 6) is 0.305. The molecular weight excluding hydrogens is 508 g/mol. The van der Waals surface area contributed by atoms with Gasteiger partial charge in [0.2, 0.25) is 5.91 Å². The molecule has 0 bridgehead atoms. The number of hydrogen-bond acceptors (Lipinski definition) is 7. The average Bonchev–Trinajstić information content (AvgIpc) is 2.97. The van der Waals surface area contributed by atoms with Gasteiger partial charge in [-0.05, 0) is 71.6 Å². The Morgan fingerprint density at radius 3 is 2.33 bits per heavy atom. The molecule has 0 aliphatic rings. The standard InChI is InChI=1S/C31H32N4O5/c1-39-28-18-23(10-14-27(28)40-19-21-5-3-2-4-6-21)29(35-24-11-8-22(9-12-24)30(32)33)31(38)34-16-15-20-7-13-25(36)26(37)17-20/h2-14,17-18,29,35-37H,15-16,19H2,1H3,(H3,32,33)(H,34,38)/t29-/m0/s1. The molecule has 0 heterocycles. The largest absolute Gasteiger partial charge is 0.504 e. The number of anilines is 1. The third-order valence-corrected chi connectivity index (χ3v) is 6.28. The van der Waals surface area contributed by atoms with E-state index >= 15 is 0 Å². The monoisotopic (exact) mass is 540 g/mol. The van der Waals surface area contributed by atoms with Crippen LogP contribution in [0.2, 0.25) is 0 Å². The number of carbonyl (C=O) groups is 1. The van der Waals surface area contributed by atoms with Gasteiger partial charge in [-0.15, -0.1) is 0 Å². The van der Waals surface area contributed by atoms with Crippen molar-refractivity contribution in [2.24, 2.45) is 5.73 Å². The Bertz CT molecular complexity index is 1460. The molecule has 0 aliphatic carbocycles. The number of rotatable bonds is 12. The summed E-state index contributed by atoms with van der Waals surface area (Å²) < 4.78 is 11.6. The van der Waals surface area contributed by atoms with Crippen LogP contribution in [0.1, 0.15) is 28.3 Å². The molecule has 0 unspecified atom stereocenters. The molecule has 1 amide bonds. The fourth-order valence-electron chi connectivity index (χ4n) is 4.09. The number of amides is 1. The molecule has 206 valence electrons. The van der Waals surface area contributed by atoms with Crippen LogP contribution < -0.4 is 25.8 Å². The van der Waals surface area contributed by atoms with Gasteiger partial charge >= 0.3 is 0 Å². The predicted molar refractivity (Wildman–Crippen MR) is 154 cm³/mol. The lowest BCUT2D eigenvalue weighted by molar-refractivity contribution is -0.121. The molecule has 0 saturated carbocycles. The number of nitrogen functional groups attached to an aromatic ring is 1. The van der Waals surface area contributed by atoms with E-state index in [1.165, 1.54) is 12.1 Å². The first kappa shape index (κ1) is 27.8. The summed E-state index contributed by atoms with van der Waals surface area (Å²) >= 11 is 0. The molecule has 0 fully saturated rings. The Morgan fingerprint density at radius 2 is 1.65 bits per heavy atom. The molecule has 4 rings (SSSR count). The van der Waals surface area contributed by atoms with Crippen LogP contribution in [0, 0.1) is 5.41 Å². The Hall–Kier alpha value is -5.18. The van der Waals surface area contributed by atoms with Crippen LogP contribution in [-0.4, -0.2) is 35.6 Å². The highest BCUT2D eigenvalue weighted by atomic mass is 16.5. The smallest absolute Gasteiger partial charge is 0.247 e. The molecule has 0 saturated heterocycles. The van der Waals surface area contributed by atoms with Crippen LogP contribution in [0.5, 0.6) is 23.0 Å². The minimum absolute atomic E-state index is 0.0445. The van der Waals surface area contributed by atoms with Gasteiger partial charge < -0.3 is 36.1 Å². The summed E-state index contributed by atoms with van der Waals surface area (Å²) in [7, 11) is 1.55. The van der Waals surface area contributed by atoms with Crippen molar-refractivity contribution in [2.45, 2.75) is 19.1 Å². The van der Waals surface area contributed by atoms with Crippen LogP contribution in [0.3, 0.4) is 0 Å². The maximum atomic E-state index is 13.4. The van der Waals surface area contributed by atoms with Crippen molar-refractivity contribution in [3.63, 3.8) is 0 Å². The van der Waals surface area contributed by atoms with Gasteiger partial charge in [-0.2, -0.15) is 0 Å². The second kappa shape index (κ2) is 13.1. The minimum atomic E-state index is -0.784. The first-order chi connectivity index (χ1) is 19.3. The highest BCUT2D eigenvalue weighted by Crippen LogP contribution is 2.32. The zero-order chi connectivity index (χ0) is 28.5. The number of hydrogen-bond donors (Lipinski definition) is 6. The summed E-state index contributed by atoms with van der Waals surface area (Å²) in [5.41, 5.74) is 9.25. The van der Waals surface area contributed by atoms with Crippen LogP contribution in [-0.2, 0) is 17.8 Å². The van der Waals surface area contributed by atoms with E-state index in [2.05, 4.69) is 10.6 Å². The second-order valence-corrected chi connectivity index (χ2v) is 9.12. The second-order valence-electron chi connectivity index (χ2n) is 9.12. The molecule has 40 heavy (non-hydrogen) atoms. The number of nitrogens with one attached hydrogen (secondary N) is 3. The number of ether oxygens (including phenoxy) is 2. The molecule has 4 aromatic carbocycles. The van der Waals surface area contributed by atoms with Crippen molar-refractivity contribution in [1.29, 1.82) is 5.41 Å². The van der Waals surface area contributed by atoms with Crippen molar-refractivity contribution in [1.82, 2.24) is 5.32 Å². The Kier molecular flexibility index (Phi) is 9.09. The van der Waals surface area contributed by atoms with Gasteiger partial charge in [0.1, 0.15) is 18.5 Å². The number of carbonyl (C=O) groups excluding carboxylic acids is 1. The predicted octanol–water partition coefficient (Wildman–Crippen LogP) is 4.48. The summed E-state index contributed by atoms with van der Waals surface area (Å²) in [6.07, 6.45) is 0.454. The normalized spacial score (nSPS) is 11.3. The fraction of sp³-hybridized carbons (Fsp3) is 0.161. The van der Waals surface area contributed by atoms with Gasteiger partial charge in [0.15, 0.2) is 23.0 Å². The summed E-state index contributed by atoms with van der Waals surface area (Å²) in [6.45, 7) is 0.675. The van der Waals surface area contributed by atoms with Gasteiger partial charge in [-0.1, -0.05) is 42.5 Å². The van der Waals surface area contributed by atoms with Crippen LogP contribution in [0.25, 0.3) is 0 Å². The lowest BCUT2D eigenvalue weighted by Gasteiger charge is -2.22. The molecule has 0 aliphatic heterocycles. The number of methoxy groups -OCH3 is 1. The van der Waals surface area contributed by atoms with Crippen molar-refractivity contribution < 1.29 is 24.5 Å². The van der Waals surface area contributed by atoms with Crippen molar-refractivity contribution >= 4 is 17.4 Å². The van der Waals surface area contributed by atoms with Crippen molar-refractivity contribution in [2.75, 3.05) is 19.0 Å². The highest BCUT2D eigenvalue weighted by Gasteiger charge is 2.22. The SMILES string of the molecule is COc1cc([C@H](Nc2ccc(C(=N)N)cc2)C(=O)NCCc2ccc(O)c(O)c2)ccc1OCc1ccccc1. The van der Waals surface area contributed by atoms with E-state index in [0.29, 0.717) is 47.9 Å². The summed E-state index contributed by atoms with van der Waals surface area (Å²) in [6, 6.07) is 25.8. The third kappa shape index (κ3) is 7.22. The lowest BCUT2D eigenvalue weighted by atomic mass is 10.0. The first-order valence-corrected chi connectivity index (χ1v) is 12.7. The maximum Gasteiger partial charge on any atom is 0.247 e. The van der Waals surface area contributed by atoms with Gasteiger partial charge in [-0.3, -0.25) is 10.2 Å². The number of phenols is 2. The Balaban J connectivity index is 1.53. The van der Waals surface area contributed by atoms with Gasteiger partial charge in [0.05, 0.1) is 7.11 Å². The lowest BCUT2D eigenvalue weighted by Crippen LogP contribution is -2.34. The summed E-state index contributed by atoms with van der Waals surface area (Å²) in [4.78, 5) is 13.4. The van der Waals surface area contributed by atoms with E-state index in [-0.39, 0.29) is 23.2 Å². The highest BCUT2D eigenvalue weighted by molar-refractivity contribution is 5.95. The molecular formula is C31H32N4O5. The van der Waals surface area contributed by atoms with Gasteiger partial charge in [-0.25, -0.2) is 0 Å². The summed E-state index contributed by atoms with van der Waals surface area (Å²) in [5, 5.41) is 33.1. The quantitative estimate of drug-likeness (QED) is 0.0881. The Morgan fingerprint density at radius 1 is 0.900 bits per heavy atom. The van der Waals surface area contributed by atoms with Gasteiger partial charge in [0.25, 0.3) is 0 Å². The number of nitrogens with two attached hydrogens (primary N) is 1. The van der Waals surface area contributed by atoms with E-state index in [0.717, 1.165) is 11.1 Å². The van der Waals surface area contributed by atoms with Crippen molar-refractivity contribution in [3.05, 3.63) is 113 Å². The molecule has 1 atom stereocenters. The van der Waals surface area contributed by atoms with E-state index in [4.69, 9.17) is 20.6 Å². The number of amidine groups is 1. The third-order valence-electron chi connectivity index (χ3n) is 6.28. The fourth-order valence-corrected chi connectivity index (χ4v) is 4.09. The van der Waals surface area contributed by atoms with E-state index in [1.807, 2.05) is 36.4 Å². The molecule has 9 heteroatoms. The number of phenolic OH excluding ortho intramolecular Hbond substituents is 2. The minimum Gasteiger partial charge on any atom is -0.504 e. The zero-order valence-corrected chi connectivity index (χ0v) is 22.1. The Labute approximate surface area is 232 Å². The van der Waals surface area contributed by atoms with Crippen LogP contribution in [0.15, 0.2) is 91.0 Å². The van der Waals surface area contributed by atoms with E-state index < -0.39 is 6.04 Å². The molecule has 7 N–H and O–H groups in total. The van der Waals surface area contributed by atoms with E-state index in [1.54, 1.807) is 49.6 Å². The molecule has 0 spiro atoms. The zero-order valence-electron chi connectivity index (χ0n) is 22.1. The van der Waals surface area contributed by atoms with Gasteiger partial charge in [0, 0.05) is 17.8 Å². The van der Waals surface area contributed by atoms with Crippen molar-refractivity contribution in [3.8, 4) is 23.0 Å². The van der Waals surface area contributed by atoms with Crippen LogP contribution >= 0.6 is 0 Å². The first-order valence-electron chi connectivity index (χ1n) is 12.7. The van der Waals surface area contributed by atoms with E-state index in [9.17, 15) is 15.0 Å². The molecule has 4 aromatic rings. The molecule has 9 nitrogen and oxygen atoms in total.